The van der Waals surface area contributed by atoms with E-state index in [-0.39, 0.29) is 12.5 Å². The number of carbonyl (C=O) groups is 2. The number of amides is 2. The van der Waals surface area contributed by atoms with Gasteiger partial charge < -0.3 is 24.8 Å². The lowest BCUT2D eigenvalue weighted by Gasteiger charge is -2.16. The first-order valence-corrected chi connectivity index (χ1v) is 9.69. The highest BCUT2D eigenvalue weighted by atomic mass is 35.5. The predicted octanol–water partition coefficient (Wildman–Crippen LogP) is 4.63. The van der Waals surface area contributed by atoms with E-state index in [0.29, 0.717) is 39.2 Å². The van der Waals surface area contributed by atoms with E-state index < -0.39 is 5.91 Å². The number of anilines is 2. The highest BCUT2D eigenvalue weighted by Gasteiger charge is 2.16. The molecule has 0 spiro atoms. The van der Waals surface area contributed by atoms with Crippen molar-refractivity contribution in [3.8, 4) is 17.2 Å². The fourth-order valence-electron chi connectivity index (χ4n) is 2.77. The van der Waals surface area contributed by atoms with E-state index in [4.69, 9.17) is 25.8 Å². The molecule has 0 aliphatic heterocycles. The molecule has 8 heteroatoms. The summed E-state index contributed by atoms with van der Waals surface area (Å²) in [6.07, 6.45) is 0. The van der Waals surface area contributed by atoms with Crippen LogP contribution in [-0.4, -0.2) is 32.6 Å². The van der Waals surface area contributed by atoms with E-state index in [1.54, 1.807) is 60.7 Å². The minimum atomic E-state index is -0.415. The zero-order chi connectivity index (χ0) is 22.2. The van der Waals surface area contributed by atoms with Crippen molar-refractivity contribution < 1.29 is 23.8 Å². The van der Waals surface area contributed by atoms with Gasteiger partial charge in [-0.25, -0.2) is 0 Å². The van der Waals surface area contributed by atoms with Crippen LogP contribution in [0.3, 0.4) is 0 Å². The molecule has 0 heterocycles. The van der Waals surface area contributed by atoms with Gasteiger partial charge >= 0.3 is 0 Å². The van der Waals surface area contributed by atoms with E-state index in [0.717, 1.165) is 0 Å². The first-order chi connectivity index (χ1) is 15.0. The van der Waals surface area contributed by atoms with Gasteiger partial charge in [0.15, 0.2) is 6.61 Å². The van der Waals surface area contributed by atoms with Crippen molar-refractivity contribution >= 4 is 34.8 Å². The van der Waals surface area contributed by atoms with Crippen LogP contribution in [-0.2, 0) is 4.79 Å². The SMILES string of the molecule is COc1cc(NC(=O)c2ccccc2)c(OC)cc1NC(=O)COc1ccccc1Cl. The van der Waals surface area contributed by atoms with E-state index in [2.05, 4.69) is 10.6 Å². The first-order valence-electron chi connectivity index (χ1n) is 9.31. The maximum Gasteiger partial charge on any atom is 0.262 e. The molecular weight excluding hydrogens is 420 g/mol. The average molecular weight is 441 g/mol. The second-order valence-electron chi connectivity index (χ2n) is 6.34. The highest BCUT2D eigenvalue weighted by molar-refractivity contribution is 6.32. The Labute approximate surface area is 184 Å². The molecule has 0 aliphatic rings. The van der Waals surface area contributed by atoms with Crippen LogP contribution in [0.5, 0.6) is 17.2 Å². The van der Waals surface area contributed by atoms with Crippen molar-refractivity contribution in [3.63, 3.8) is 0 Å². The standard InChI is InChI=1S/C23H21ClN2O5/c1-29-20-13-18(26-23(28)15-8-4-3-5-9-15)21(30-2)12-17(20)25-22(27)14-31-19-11-7-6-10-16(19)24/h3-13H,14H2,1-2H3,(H,25,27)(H,26,28). The molecule has 0 fully saturated rings. The topological polar surface area (TPSA) is 85.9 Å². The predicted molar refractivity (Wildman–Crippen MR) is 120 cm³/mol. The molecule has 2 amide bonds. The second kappa shape index (κ2) is 10.4. The molecule has 0 aliphatic carbocycles. The van der Waals surface area contributed by atoms with Crippen LogP contribution >= 0.6 is 11.6 Å². The lowest BCUT2D eigenvalue weighted by molar-refractivity contribution is -0.118. The summed E-state index contributed by atoms with van der Waals surface area (Å²) in [5.41, 5.74) is 1.26. The van der Waals surface area contributed by atoms with Gasteiger partial charge in [0, 0.05) is 17.7 Å². The molecule has 0 bridgehead atoms. The Balaban J connectivity index is 1.74. The third-order valence-corrected chi connectivity index (χ3v) is 4.59. The Bertz CT molecular complexity index is 1070. The van der Waals surface area contributed by atoms with E-state index >= 15 is 0 Å². The molecule has 0 aromatic heterocycles. The summed E-state index contributed by atoms with van der Waals surface area (Å²) in [5, 5.41) is 5.91. The number of rotatable bonds is 8. The molecule has 2 N–H and O–H groups in total. The third-order valence-electron chi connectivity index (χ3n) is 4.28. The number of para-hydroxylation sites is 1. The molecule has 3 aromatic rings. The minimum absolute atomic E-state index is 0.248. The second-order valence-corrected chi connectivity index (χ2v) is 6.75. The van der Waals surface area contributed by atoms with Crippen molar-refractivity contribution in [2.75, 3.05) is 31.5 Å². The summed E-state index contributed by atoms with van der Waals surface area (Å²) >= 11 is 6.03. The molecular formula is C23H21ClN2O5. The maximum absolute atomic E-state index is 12.5. The smallest absolute Gasteiger partial charge is 0.262 e. The van der Waals surface area contributed by atoms with Crippen molar-refractivity contribution in [1.29, 1.82) is 0 Å². The molecule has 0 saturated heterocycles. The molecule has 3 aromatic carbocycles. The summed E-state index contributed by atoms with van der Waals surface area (Å²) in [4.78, 5) is 24.9. The quantitative estimate of drug-likeness (QED) is 0.533. The van der Waals surface area contributed by atoms with Gasteiger partial charge in [0.1, 0.15) is 17.2 Å². The fraction of sp³-hybridized carbons (Fsp3) is 0.130. The summed E-state index contributed by atoms with van der Waals surface area (Å²) in [7, 11) is 2.92. The van der Waals surface area contributed by atoms with Crippen LogP contribution < -0.4 is 24.8 Å². The molecule has 0 saturated carbocycles. The Morgan fingerprint density at radius 2 is 1.39 bits per heavy atom. The number of methoxy groups -OCH3 is 2. The number of carbonyl (C=O) groups excluding carboxylic acids is 2. The zero-order valence-corrected chi connectivity index (χ0v) is 17.7. The Morgan fingerprint density at radius 3 is 2.00 bits per heavy atom. The number of benzene rings is 3. The number of ether oxygens (including phenoxy) is 3. The largest absolute Gasteiger partial charge is 0.494 e. The Hall–Kier alpha value is -3.71. The summed E-state index contributed by atoms with van der Waals surface area (Å²) in [5.74, 6) is 0.387. The summed E-state index contributed by atoms with van der Waals surface area (Å²) < 4.78 is 16.2. The van der Waals surface area contributed by atoms with Crippen LogP contribution in [0.4, 0.5) is 11.4 Å². The fourth-order valence-corrected chi connectivity index (χ4v) is 2.96. The molecule has 160 valence electrons. The first kappa shape index (κ1) is 22.0. The molecule has 7 nitrogen and oxygen atoms in total. The average Bonchev–Trinajstić information content (AvgIpc) is 2.79. The van der Waals surface area contributed by atoms with Crippen molar-refractivity contribution in [2.45, 2.75) is 0 Å². The van der Waals surface area contributed by atoms with Crippen LogP contribution in [0.1, 0.15) is 10.4 Å². The normalized spacial score (nSPS) is 10.2. The van der Waals surface area contributed by atoms with Gasteiger partial charge in [0.25, 0.3) is 11.8 Å². The molecule has 3 rings (SSSR count). The lowest BCUT2D eigenvalue weighted by Crippen LogP contribution is -2.21. The van der Waals surface area contributed by atoms with E-state index in [9.17, 15) is 9.59 Å². The van der Waals surface area contributed by atoms with Crippen LogP contribution in [0.15, 0.2) is 66.7 Å². The monoisotopic (exact) mass is 440 g/mol. The van der Waals surface area contributed by atoms with Gasteiger partial charge in [0.05, 0.1) is 30.6 Å². The summed E-state index contributed by atoms with van der Waals surface area (Å²) in [6.45, 7) is -0.248. The van der Waals surface area contributed by atoms with Crippen LogP contribution in [0, 0.1) is 0 Å². The Kier molecular flexibility index (Phi) is 7.35. The minimum Gasteiger partial charge on any atom is -0.494 e. The number of halogens is 1. The van der Waals surface area contributed by atoms with Gasteiger partial charge in [-0.1, -0.05) is 41.9 Å². The van der Waals surface area contributed by atoms with Crippen LogP contribution in [0.2, 0.25) is 5.02 Å². The van der Waals surface area contributed by atoms with Gasteiger partial charge in [0.2, 0.25) is 0 Å². The van der Waals surface area contributed by atoms with Crippen molar-refractivity contribution in [1.82, 2.24) is 0 Å². The van der Waals surface area contributed by atoms with Crippen molar-refractivity contribution in [3.05, 3.63) is 77.3 Å². The molecule has 31 heavy (non-hydrogen) atoms. The summed E-state index contributed by atoms with van der Waals surface area (Å²) in [6, 6.07) is 18.8. The van der Waals surface area contributed by atoms with E-state index in [1.807, 2.05) is 6.07 Å². The third kappa shape index (κ3) is 5.67. The van der Waals surface area contributed by atoms with E-state index in [1.165, 1.54) is 14.2 Å². The molecule has 0 radical (unpaired) electrons. The van der Waals surface area contributed by atoms with Crippen LogP contribution in [0.25, 0.3) is 0 Å². The lowest BCUT2D eigenvalue weighted by atomic mass is 10.2. The zero-order valence-electron chi connectivity index (χ0n) is 17.0. The highest BCUT2D eigenvalue weighted by Crippen LogP contribution is 2.36. The van der Waals surface area contributed by atoms with Gasteiger partial charge in [-0.15, -0.1) is 0 Å². The van der Waals surface area contributed by atoms with Gasteiger partial charge in [-0.2, -0.15) is 0 Å². The van der Waals surface area contributed by atoms with Gasteiger partial charge in [-0.05, 0) is 24.3 Å². The number of hydrogen-bond donors (Lipinski definition) is 2. The number of nitrogens with one attached hydrogen (secondary N) is 2. The van der Waals surface area contributed by atoms with Gasteiger partial charge in [-0.3, -0.25) is 9.59 Å². The molecule has 0 atom stereocenters. The maximum atomic E-state index is 12.5. The number of hydrogen-bond acceptors (Lipinski definition) is 5. The van der Waals surface area contributed by atoms with Crippen molar-refractivity contribution in [2.24, 2.45) is 0 Å². The Morgan fingerprint density at radius 1 is 0.806 bits per heavy atom. The molecule has 0 unspecified atom stereocenters.